The lowest BCUT2D eigenvalue weighted by atomic mass is 9.78. The minimum Gasteiger partial charge on any atom is -0.371 e. The first-order chi connectivity index (χ1) is 20.9. The van der Waals surface area contributed by atoms with E-state index in [1.165, 1.54) is 12.3 Å². The summed E-state index contributed by atoms with van der Waals surface area (Å²) < 4.78 is 24.0. The van der Waals surface area contributed by atoms with E-state index in [-0.39, 0.29) is 29.0 Å². The Morgan fingerprint density at radius 1 is 1.14 bits per heavy atom. The molecule has 0 radical (unpaired) electrons. The van der Waals surface area contributed by atoms with Crippen molar-refractivity contribution < 1.29 is 23.1 Å². The third-order valence-electron chi connectivity index (χ3n) is 8.22. The lowest BCUT2D eigenvalue weighted by molar-refractivity contribution is 0.0351. The van der Waals surface area contributed by atoms with Crippen molar-refractivity contribution in [2.75, 3.05) is 24.2 Å². The van der Waals surface area contributed by atoms with Gasteiger partial charge in [0.25, 0.3) is 5.91 Å². The number of carbonyl (C=O) groups is 2. The molecule has 4 aromatic heterocycles. The number of nitrogens with one attached hydrogen (secondary N) is 3. The van der Waals surface area contributed by atoms with Crippen molar-refractivity contribution in [3.05, 3.63) is 65.9 Å². The van der Waals surface area contributed by atoms with Crippen LogP contribution in [-0.4, -0.2) is 81.5 Å². The molecule has 2 fully saturated rings. The molecule has 2 aliphatic rings. The van der Waals surface area contributed by atoms with Crippen LogP contribution in [0.3, 0.4) is 0 Å². The summed E-state index contributed by atoms with van der Waals surface area (Å²) >= 11 is 0. The molecule has 4 aromatic rings. The fourth-order valence-electron chi connectivity index (χ4n) is 5.72. The summed E-state index contributed by atoms with van der Waals surface area (Å²) in [5, 5.41) is 19.5. The molecule has 3 amide bonds. The largest absolute Gasteiger partial charge is 0.371 e. The lowest BCUT2D eigenvalue weighted by Crippen LogP contribution is -2.62. The first kappa shape index (κ1) is 29.3. The monoisotopic (exact) mass is 617 g/mol. The Bertz CT molecular complexity index is 1900. The average Bonchev–Trinajstić information content (AvgIpc) is 3.29. The number of fused-ring (bicyclic) bond motifs is 1. The van der Waals surface area contributed by atoms with E-state index in [1.54, 1.807) is 31.5 Å². The molecule has 6 rings (SSSR count). The average molecular weight is 618 g/mol. The Morgan fingerprint density at radius 3 is 2.66 bits per heavy atom. The fourth-order valence-corrected chi connectivity index (χ4v) is 6.65. The van der Waals surface area contributed by atoms with Crippen molar-refractivity contribution in [1.29, 1.82) is 0 Å². The number of hydrogen-bond donors (Lipinski definition) is 4. The van der Waals surface area contributed by atoms with E-state index in [4.69, 9.17) is 9.97 Å². The number of amides is 3. The number of anilines is 1. The summed E-state index contributed by atoms with van der Waals surface area (Å²) in [6, 6.07) is 8.25. The summed E-state index contributed by atoms with van der Waals surface area (Å²) in [7, 11) is -3.53. The minimum atomic E-state index is -3.53. The molecule has 228 valence electrons. The van der Waals surface area contributed by atoms with Crippen LogP contribution in [0.1, 0.15) is 35.1 Å². The zero-order valence-electron chi connectivity index (χ0n) is 24.3. The van der Waals surface area contributed by atoms with E-state index in [0.717, 1.165) is 11.6 Å². The summed E-state index contributed by atoms with van der Waals surface area (Å²) in [6.45, 7) is 4.75. The topological polar surface area (TPSA) is 192 Å². The number of aliphatic hydroxyl groups is 1. The highest BCUT2D eigenvalue weighted by molar-refractivity contribution is 7.90. The Balaban J connectivity index is 1.17. The van der Waals surface area contributed by atoms with Gasteiger partial charge < -0.3 is 26.0 Å². The third-order valence-corrected chi connectivity index (χ3v) is 9.43. The number of urea groups is 1. The number of aromatic nitrogens is 5. The van der Waals surface area contributed by atoms with E-state index in [9.17, 15) is 23.1 Å². The number of pyridine rings is 3. The highest BCUT2D eigenvalue weighted by Crippen LogP contribution is 2.34. The highest BCUT2D eigenvalue weighted by atomic mass is 32.2. The Morgan fingerprint density at radius 2 is 1.93 bits per heavy atom. The van der Waals surface area contributed by atoms with Gasteiger partial charge in [0.05, 0.1) is 50.8 Å². The summed E-state index contributed by atoms with van der Waals surface area (Å²) in [5.74, 6) is -0.00847. The molecule has 44 heavy (non-hydrogen) atoms. The van der Waals surface area contributed by atoms with Crippen LogP contribution in [-0.2, 0) is 16.4 Å². The van der Waals surface area contributed by atoms with Crippen LogP contribution in [0, 0.1) is 12.8 Å². The molecule has 3 atom stereocenters. The van der Waals surface area contributed by atoms with Crippen molar-refractivity contribution in [2.24, 2.45) is 5.92 Å². The van der Waals surface area contributed by atoms with E-state index >= 15 is 0 Å². The second kappa shape index (κ2) is 11.1. The molecule has 2 saturated heterocycles. The van der Waals surface area contributed by atoms with E-state index < -0.39 is 27.5 Å². The molecule has 14 nitrogen and oxygen atoms in total. The quantitative estimate of drug-likeness (QED) is 0.244. The van der Waals surface area contributed by atoms with Gasteiger partial charge >= 0.3 is 6.03 Å². The first-order valence-corrected chi connectivity index (χ1v) is 15.9. The molecule has 4 N–H and O–H groups in total. The molecule has 2 aliphatic heterocycles. The number of nitrogens with zero attached hydrogens (tertiary/aromatic N) is 6. The van der Waals surface area contributed by atoms with Crippen molar-refractivity contribution in [1.82, 2.24) is 40.9 Å². The van der Waals surface area contributed by atoms with Crippen molar-refractivity contribution in [2.45, 2.75) is 43.5 Å². The van der Waals surface area contributed by atoms with Gasteiger partial charge in [0.15, 0.2) is 16.1 Å². The molecule has 0 saturated carbocycles. The number of sulfone groups is 1. The Hall–Kier alpha value is -4.76. The number of piperidine rings is 1. The Kier molecular flexibility index (Phi) is 7.37. The molecule has 0 bridgehead atoms. The van der Waals surface area contributed by atoms with Gasteiger partial charge in [0, 0.05) is 49.2 Å². The summed E-state index contributed by atoms with van der Waals surface area (Å²) in [5.41, 5.74) is 2.21. The van der Waals surface area contributed by atoms with Crippen LogP contribution in [0.4, 0.5) is 10.7 Å². The van der Waals surface area contributed by atoms with E-state index in [0.29, 0.717) is 53.8 Å². The van der Waals surface area contributed by atoms with Gasteiger partial charge in [-0.2, -0.15) is 0 Å². The maximum Gasteiger partial charge on any atom is 0.317 e. The molecule has 2 unspecified atom stereocenters. The lowest BCUT2D eigenvalue weighted by Gasteiger charge is -2.45. The Labute approximate surface area is 253 Å². The van der Waals surface area contributed by atoms with Crippen LogP contribution in [0.2, 0.25) is 0 Å². The van der Waals surface area contributed by atoms with Gasteiger partial charge in [-0.25, -0.2) is 28.2 Å². The molecule has 15 heteroatoms. The maximum absolute atomic E-state index is 12.8. The molecular formula is C29H31N9O5S. The molecule has 1 spiro atoms. The van der Waals surface area contributed by atoms with Crippen molar-refractivity contribution >= 4 is 38.6 Å². The van der Waals surface area contributed by atoms with Crippen LogP contribution in [0.15, 0.2) is 53.8 Å². The predicted octanol–water partition coefficient (Wildman–Crippen LogP) is 1.34. The zero-order valence-corrected chi connectivity index (χ0v) is 25.1. The number of rotatable bonds is 6. The second-order valence-corrected chi connectivity index (χ2v) is 13.2. The van der Waals surface area contributed by atoms with Gasteiger partial charge in [-0.1, -0.05) is 6.92 Å². The fraction of sp³-hybridized carbons (Fsp3) is 0.345. The normalized spacial score (nSPS) is 21.7. The summed E-state index contributed by atoms with van der Waals surface area (Å²) in [4.78, 5) is 49.2. The molecule has 0 aliphatic carbocycles. The van der Waals surface area contributed by atoms with Crippen LogP contribution >= 0.6 is 0 Å². The first-order valence-electron chi connectivity index (χ1n) is 14.0. The highest BCUT2D eigenvalue weighted by Gasteiger charge is 2.52. The van der Waals surface area contributed by atoms with Crippen LogP contribution in [0.25, 0.3) is 22.3 Å². The van der Waals surface area contributed by atoms with Crippen LogP contribution < -0.4 is 20.9 Å². The number of hydrogen-bond acceptors (Lipinski definition) is 11. The second-order valence-electron chi connectivity index (χ2n) is 11.2. The number of aliphatic hydroxyl groups excluding tert-OH is 1. The standard InChI is InChI=1S/C29H31N9O5S/c1-16-15-38(9-7-29(16)26(40)36-28(41)37-29)27-30-8-6-22(35-27)21-5-4-18-12-32-20(11-23(18)34-21)14-33-25(39)19-10-24(44(3,42)43)17(2)31-13-19/h4-6,8,10-13,16,26,40H,7,9,14-15H2,1-3H3,(H,33,39)(H2,36,37,41)/t16-,26?,29?/m0/s1. The molecule has 0 aromatic carbocycles. The van der Waals surface area contributed by atoms with Gasteiger partial charge in [-0.15, -0.1) is 0 Å². The van der Waals surface area contributed by atoms with Gasteiger partial charge in [0.1, 0.15) is 0 Å². The third kappa shape index (κ3) is 5.51. The SMILES string of the molecule is Cc1ncc(C(=O)NCc2cc3nc(-c4ccnc(N5CCC6(NC(=O)NC6O)[C@@H](C)C5)n4)ccc3cn2)cc1S(C)(=O)=O. The molecule has 6 heterocycles. The van der Waals surface area contributed by atoms with Crippen molar-refractivity contribution in [3.8, 4) is 11.4 Å². The number of aryl methyl sites for hydroxylation is 1. The maximum atomic E-state index is 12.8. The van der Waals surface area contributed by atoms with E-state index in [2.05, 4.69) is 30.9 Å². The zero-order chi connectivity index (χ0) is 31.2. The van der Waals surface area contributed by atoms with Crippen molar-refractivity contribution in [3.63, 3.8) is 0 Å². The smallest absolute Gasteiger partial charge is 0.317 e. The number of carbonyl (C=O) groups excluding carboxylic acids is 2. The van der Waals surface area contributed by atoms with Gasteiger partial charge in [0.2, 0.25) is 5.95 Å². The van der Waals surface area contributed by atoms with Gasteiger partial charge in [-0.05, 0) is 43.7 Å². The van der Waals surface area contributed by atoms with Gasteiger partial charge in [-0.3, -0.25) is 14.8 Å². The predicted molar refractivity (Wildman–Crippen MR) is 160 cm³/mol. The minimum absolute atomic E-state index is 0.00992. The van der Waals surface area contributed by atoms with Crippen LogP contribution in [0.5, 0.6) is 0 Å². The molecular weight excluding hydrogens is 586 g/mol. The summed E-state index contributed by atoms with van der Waals surface area (Å²) in [6.07, 6.45) is 5.33. The van der Waals surface area contributed by atoms with E-state index in [1.807, 2.05) is 24.0 Å².